The van der Waals surface area contributed by atoms with Gasteiger partial charge in [-0.25, -0.2) is 4.98 Å². The lowest BCUT2D eigenvalue weighted by Crippen LogP contribution is -2.36. The van der Waals surface area contributed by atoms with Gasteiger partial charge in [0.15, 0.2) is 5.82 Å². The maximum atomic E-state index is 5.54. The van der Waals surface area contributed by atoms with Crippen molar-refractivity contribution >= 4 is 0 Å². The number of hydrogen-bond acceptors (Lipinski definition) is 3. The molecule has 0 saturated heterocycles. The summed E-state index contributed by atoms with van der Waals surface area (Å²) in [4.78, 5) is 4.70. The standard InChI is InChI=1S/C15H20N4/c16-11-4-8-13-17-14(19-18-13)15(9-5-10-15)12-6-2-1-3-7-12/h1-3,6-7H,4-5,8-11,16H2,(H,17,18,19). The van der Waals surface area contributed by atoms with Crippen LogP contribution in [0, 0.1) is 0 Å². The molecule has 1 saturated carbocycles. The highest BCUT2D eigenvalue weighted by Gasteiger charge is 2.43. The Morgan fingerprint density at radius 1 is 1.21 bits per heavy atom. The van der Waals surface area contributed by atoms with Crippen molar-refractivity contribution in [3.05, 3.63) is 47.5 Å². The Labute approximate surface area is 113 Å². The average molecular weight is 256 g/mol. The molecule has 0 spiro atoms. The molecule has 3 rings (SSSR count). The first kappa shape index (κ1) is 12.4. The lowest BCUT2D eigenvalue weighted by molar-refractivity contribution is 0.286. The molecule has 0 aliphatic heterocycles. The number of H-pyrrole nitrogens is 1. The molecule has 0 atom stereocenters. The van der Waals surface area contributed by atoms with Gasteiger partial charge in [0.05, 0.1) is 5.41 Å². The second-order valence-electron chi connectivity index (χ2n) is 5.30. The lowest BCUT2D eigenvalue weighted by atomic mass is 9.64. The summed E-state index contributed by atoms with van der Waals surface area (Å²) in [6.45, 7) is 0.694. The van der Waals surface area contributed by atoms with Crippen molar-refractivity contribution in [2.75, 3.05) is 6.54 Å². The number of nitrogens with one attached hydrogen (secondary N) is 1. The zero-order chi connectivity index (χ0) is 13.1. The maximum absolute atomic E-state index is 5.54. The summed E-state index contributed by atoms with van der Waals surface area (Å²) < 4.78 is 0. The third-order valence-electron chi connectivity index (χ3n) is 4.11. The molecule has 19 heavy (non-hydrogen) atoms. The highest BCUT2D eigenvalue weighted by Crippen LogP contribution is 2.47. The lowest BCUT2D eigenvalue weighted by Gasteiger charge is -2.39. The first-order valence-corrected chi connectivity index (χ1v) is 7.02. The Balaban J connectivity index is 1.88. The van der Waals surface area contributed by atoms with Crippen LogP contribution in [0.3, 0.4) is 0 Å². The van der Waals surface area contributed by atoms with E-state index in [1.807, 2.05) is 0 Å². The molecule has 4 heteroatoms. The van der Waals surface area contributed by atoms with E-state index in [2.05, 4.69) is 40.5 Å². The molecule has 1 aliphatic carbocycles. The zero-order valence-electron chi connectivity index (χ0n) is 11.1. The van der Waals surface area contributed by atoms with Gasteiger partial charge in [0.2, 0.25) is 0 Å². The van der Waals surface area contributed by atoms with Gasteiger partial charge < -0.3 is 5.73 Å². The van der Waals surface area contributed by atoms with Crippen LogP contribution in [0.15, 0.2) is 30.3 Å². The number of nitrogens with zero attached hydrogens (tertiary/aromatic N) is 2. The summed E-state index contributed by atoms with van der Waals surface area (Å²) in [5, 5.41) is 7.53. The molecule has 3 N–H and O–H groups in total. The van der Waals surface area contributed by atoms with Crippen LogP contribution in [-0.2, 0) is 11.8 Å². The Morgan fingerprint density at radius 2 is 2.00 bits per heavy atom. The Bertz CT molecular complexity index is 528. The fourth-order valence-electron chi connectivity index (χ4n) is 2.82. The summed E-state index contributed by atoms with van der Waals surface area (Å²) in [6.07, 6.45) is 5.37. The van der Waals surface area contributed by atoms with Gasteiger partial charge in [-0.15, -0.1) is 0 Å². The molecule has 1 heterocycles. The van der Waals surface area contributed by atoms with Crippen LogP contribution in [0.5, 0.6) is 0 Å². The Kier molecular flexibility index (Phi) is 3.34. The van der Waals surface area contributed by atoms with Gasteiger partial charge in [-0.1, -0.05) is 36.8 Å². The quantitative estimate of drug-likeness (QED) is 0.861. The smallest absolute Gasteiger partial charge is 0.161 e. The third kappa shape index (κ3) is 2.16. The number of aromatic nitrogens is 3. The molecule has 1 fully saturated rings. The van der Waals surface area contributed by atoms with E-state index in [1.54, 1.807) is 0 Å². The van der Waals surface area contributed by atoms with Crippen molar-refractivity contribution in [2.45, 2.75) is 37.5 Å². The van der Waals surface area contributed by atoms with Crippen molar-refractivity contribution in [3.8, 4) is 0 Å². The highest BCUT2D eigenvalue weighted by molar-refractivity contribution is 5.35. The average Bonchev–Trinajstić information content (AvgIpc) is 2.85. The topological polar surface area (TPSA) is 67.6 Å². The van der Waals surface area contributed by atoms with Crippen molar-refractivity contribution < 1.29 is 0 Å². The second-order valence-corrected chi connectivity index (χ2v) is 5.30. The predicted molar refractivity (Wildman–Crippen MR) is 74.8 cm³/mol. The van der Waals surface area contributed by atoms with Crippen LogP contribution in [0.25, 0.3) is 0 Å². The molecule has 4 nitrogen and oxygen atoms in total. The second kappa shape index (κ2) is 5.13. The number of rotatable bonds is 5. The molecule has 0 bridgehead atoms. The van der Waals surface area contributed by atoms with E-state index in [0.29, 0.717) is 6.54 Å². The SMILES string of the molecule is NCCCc1nc(C2(c3ccccc3)CCC2)n[nH]1. The normalized spacial score (nSPS) is 17.1. The Morgan fingerprint density at radius 3 is 2.63 bits per heavy atom. The molecule has 1 aromatic heterocycles. The van der Waals surface area contributed by atoms with Crippen LogP contribution in [0.2, 0.25) is 0 Å². The van der Waals surface area contributed by atoms with Crippen molar-refractivity contribution in [1.82, 2.24) is 15.2 Å². The van der Waals surface area contributed by atoms with E-state index in [9.17, 15) is 0 Å². The zero-order valence-corrected chi connectivity index (χ0v) is 11.1. The molecule has 1 aliphatic rings. The third-order valence-corrected chi connectivity index (χ3v) is 4.11. The maximum Gasteiger partial charge on any atom is 0.161 e. The molecular weight excluding hydrogens is 236 g/mol. The van der Waals surface area contributed by atoms with Crippen LogP contribution < -0.4 is 5.73 Å². The fourth-order valence-corrected chi connectivity index (χ4v) is 2.82. The van der Waals surface area contributed by atoms with Gasteiger partial charge in [-0.3, -0.25) is 5.10 Å². The number of nitrogens with two attached hydrogens (primary N) is 1. The summed E-state index contributed by atoms with van der Waals surface area (Å²) in [7, 11) is 0. The summed E-state index contributed by atoms with van der Waals surface area (Å²) in [6, 6.07) is 10.6. The van der Waals surface area contributed by atoms with Gasteiger partial charge in [-0.05, 0) is 31.4 Å². The number of benzene rings is 1. The van der Waals surface area contributed by atoms with Gasteiger partial charge in [0.25, 0.3) is 0 Å². The van der Waals surface area contributed by atoms with Gasteiger partial charge in [0, 0.05) is 6.42 Å². The van der Waals surface area contributed by atoms with Crippen molar-refractivity contribution in [3.63, 3.8) is 0 Å². The number of aryl methyl sites for hydroxylation is 1. The fraction of sp³-hybridized carbons (Fsp3) is 0.467. The van der Waals surface area contributed by atoms with Crippen LogP contribution in [0.1, 0.15) is 42.9 Å². The molecule has 100 valence electrons. The molecule has 0 radical (unpaired) electrons. The first-order valence-electron chi connectivity index (χ1n) is 7.02. The minimum atomic E-state index is 0.0404. The molecular formula is C15H20N4. The first-order chi connectivity index (χ1) is 9.35. The molecule has 0 unspecified atom stereocenters. The minimum absolute atomic E-state index is 0.0404. The summed E-state index contributed by atoms with van der Waals surface area (Å²) in [5.41, 5.74) is 6.91. The Hall–Kier alpha value is -1.68. The van der Waals surface area contributed by atoms with Crippen LogP contribution in [-0.4, -0.2) is 21.7 Å². The number of hydrogen-bond donors (Lipinski definition) is 2. The van der Waals surface area contributed by atoms with E-state index in [1.165, 1.54) is 12.0 Å². The summed E-state index contributed by atoms with van der Waals surface area (Å²) >= 11 is 0. The molecule has 2 aromatic rings. The van der Waals surface area contributed by atoms with E-state index < -0.39 is 0 Å². The monoisotopic (exact) mass is 256 g/mol. The minimum Gasteiger partial charge on any atom is -0.330 e. The van der Waals surface area contributed by atoms with Crippen molar-refractivity contribution in [1.29, 1.82) is 0 Å². The molecule has 0 amide bonds. The van der Waals surface area contributed by atoms with Gasteiger partial charge >= 0.3 is 0 Å². The highest BCUT2D eigenvalue weighted by atomic mass is 15.2. The van der Waals surface area contributed by atoms with Gasteiger partial charge in [-0.2, -0.15) is 5.10 Å². The van der Waals surface area contributed by atoms with E-state index >= 15 is 0 Å². The predicted octanol–water partition coefficient (Wildman–Crippen LogP) is 2.17. The van der Waals surface area contributed by atoms with Gasteiger partial charge in [0.1, 0.15) is 5.82 Å². The summed E-state index contributed by atoms with van der Waals surface area (Å²) in [5.74, 6) is 1.92. The molecule has 1 aromatic carbocycles. The van der Waals surface area contributed by atoms with E-state index in [0.717, 1.165) is 37.3 Å². The van der Waals surface area contributed by atoms with Crippen LogP contribution >= 0.6 is 0 Å². The van der Waals surface area contributed by atoms with E-state index in [-0.39, 0.29) is 5.41 Å². The van der Waals surface area contributed by atoms with E-state index in [4.69, 9.17) is 10.7 Å². The largest absolute Gasteiger partial charge is 0.330 e. The van der Waals surface area contributed by atoms with Crippen molar-refractivity contribution in [2.24, 2.45) is 5.73 Å². The van der Waals surface area contributed by atoms with Crippen LogP contribution in [0.4, 0.5) is 0 Å². The number of aromatic amines is 1.